The molecule has 1 heterocycles. The van der Waals surface area contributed by atoms with Crippen LogP contribution in [0.3, 0.4) is 0 Å². The lowest BCUT2D eigenvalue weighted by atomic mass is 9.98. The number of nitrogens with two attached hydrogens (primary N) is 2. The van der Waals surface area contributed by atoms with Crippen molar-refractivity contribution in [2.24, 2.45) is 11.5 Å². The molecule has 4 rings (SSSR count). The van der Waals surface area contributed by atoms with Gasteiger partial charge in [0.05, 0.1) is 7.11 Å². The van der Waals surface area contributed by atoms with Gasteiger partial charge in [0.15, 0.2) is 0 Å². The third-order valence-corrected chi connectivity index (χ3v) is 7.27. The molecule has 0 aliphatic heterocycles. The van der Waals surface area contributed by atoms with Crippen LogP contribution in [0.4, 0.5) is 13.2 Å². The van der Waals surface area contributed by atoms with Gasteiger partial charge in [0.2, 0.25) is 0 Å². The summed E-state index contributed by atoms with van der Waals surface area (Å²) < 4.78 is 50.1. The van der Waals surface area contributed by atoms with Crippen molar-refractivity contribution in [1.82, 2.24) is 14.4 Å². The van der Waals surface area contributed by atoms with Crippen molar-refractivity contribution >= 4 is 10.9 Å². The first-order valence-electron chi connectivity index (χ1n) is 14.0. The highest BCUT2D eigenvalue weighted by Crippen LogP contribution is 2.36. The van der Waals surface area contributed by atoms with Gasteiger partial charge in [-0.25, -0.2) is 0 Å². The Bertz CT molecular complexity index is 1470. The van der Waals surface area contributed by atoms with E-state index in [4.69, 9.17) is 16.2 Å². The van der Waals surface area contributed by atoms with Crippen molar-refractivity contribution < 1.29 is 22.6 Å². The van der Waals surface area contributed by atoms with Crippen LogP contribution < -0.4 is 20.9 Å². The number of methoxy groups -OCH3 is 1. The predicted octanol–water partition coefficient (Wildman–Crippen LogP) is 5.59. The summed E-state index contributed by atoms with van der Waals surface area (Å²) in [6.07, 6.45) is -1.92. The zero-order valence-electron chi connectivity index (χ0n) is 24.5. The molecule has 0 spiro atoms. The number of alkyl halides is 3. The fourth-order valence-electron chi connectivity index (χ4n) is 5.20. The lowest BCUT2D eigenvalue weighted by Crippen LogP contribution is -2.30. The lowest BCUT2D eigenvalue weighted by molar-refractivity contribution is -0.274. The summed E-state index contributed by atoms with van der Waals surface area (Å²) in [5, 5.41) is 1.02. The van der Waals surface area contributed by atoms with Crippen LogP contribution in [0.25, 0.3) is 22.0 Å². The highest BCUT2D eigenvalue weighted by Gasteiger charge is 2.31. The first-order valence-corrected chi connectivity index (χ1v) is 14.0. The Kier molecular flexibility index (Phi) is 10.5. The van der Waals surface area contributed by atoms with E-state index in [0.717, 1.165) is 72.5 Å². The second-order valence-corrected chi connectivity index (χ2v) is 10.6. The zero-order chi connectivity index (χ0) is 30.3. The molecule has 0 saturated carbocycles. The van der Waals surface area contributed by atoms with E-state index in [1.807, 2.05) is 18.3 Å². The van der Waals surface area contributed by atoms with Crippen molar-refractivity contribution in [3.63, 3.8) is 0 Å². The third-order valence-electron chi connectivity index (χ3n) is 7.27. The molecule has 3 aromatic carbocycles. The summed E-state index contributed by atoms with van der Waals surface area (Å²) in [5.41, 5.74) is 17.4. The second kappa shape index (κ2) is 14.1. The highest BCUT2D eigenvalue weighted by atomic mass is 19.4. The average Bonchev–Trinajstić information content (AvgIpc) is 3.31. The van der Waals surface area contributed by atoms with Gasteiger partial charge in [0, 0.05) is 61.9 Å². The van der Waals surface area contributed by atoms with Crippen LogP contribution in [0.15, 0.2) is 66.9 Å². The Morgan fingerprint density at radius 1 is 0.833 bits per heavy atom. The highest BCUT2D eigenvalue weighted by molar-refractivity contribution is 5.97. The molecular formula is C32H40F3N5O2. The summed E-state index contributed by atoms with van der Waals surface area (Å²) in [4.78, 5) is 4.56. The van der Waals surface area contributed by atoms with Crippen molar-refractivity contribution in [2.75, 3.05) is 40.8 Å². The van der Waals surface area contributed by atoms with Crippen LogP contribution in [0.1, 0.15) is 23.1 Å². The molecule has 4 aromatic rings. The predicted molar refractivity (Wildman–Crippen MR) is 161 cm³/mol. The van der Waals surface area contributed by atoms with Gasteiger partial charge in [-0.3, -0.25) is 0 Å². The Balaban J connectivity index is 1.53. The fourth-order valence-corrected chi connectivity index (χ4v) is 5.20. The maximum Gasteiger partial charge on any atom is 0.573 e. The van der Waals surface area contributed by atoms with Crippen LogP contribution in [0.2, 0.25) is 0 Å². The molecule has 0 fully saturated rings. The van der Waals surface area contributed by atoms with Gasteiger partial charge >= 0.3 is 6.36 Å². The van der Waals surface area contributed by atoms with Crippen LogP contribution >= 0.6 is 0 Å². The molecule has 0 bridgehead atoms. The van der Waals surface area contributed by atoms with E-state index in [1.165, 1.54) is 17.7 Å². The van der Waals surface area contributed by atoms with E-state index >= 15 is 0 Å². The Hall–Kier alpha value is -3.57. The molecule has 0 amide bonds. The monoisotopic (exact) mass is 583 g/mol. The normalized spacial score (nSPS) is 12.0. The van der Waals surface area contributed by atoms with Crippen molar-refractivity contribution in [3.05, 3.63) is 83.6 Å². The number of hydrogen-bond acceptors (Lipinski definition) is 6. The van der Waals surface area contributed by atoms with Crippen molar-refractivity contribution in [3.8, 4) is 22.6 Å². The van der Waals surface area contributed by atoms with Crippen LogP contribution in [0, 0.1) is 0 Å². The Morgan fingerprint density at radius 3 is 2.19 bits per heavy atom. The number of likely N-dealkylation sites (N-methyl/N-ethyl adjacent to an activating group) is 2. The van der Waals surface area contributed by atoms with Gasteiger partial charge in [-0.2, -0.15) is 0 Å². The number of benzene rings is 3. The fraction of sp³-hybridized carbons (Fsp3) is 0.375. The van der Waals surface area contributed by atoms with Crippen molar-refractivity contribution in [2.45, 2.75) is 39.0 Å². The van der Waals surface area contributed by atoms with Crippen LogP contribution in [-0.4, -0.2) is 61.6 Å². The molecule has 226 valence electrons. The van der Waals surface area contributed by atoms with E-state index in [-0.39, 0.29) is 12.3 Å². The quantitative estimate of drug-likeness (QED) is 0.202. The summed E-state index contributed by atoms with van der Waals surface area (Å²) in [6, 6.07) is 18.9. The van der Waals surface area contributed by atoms with E-state index in [2.05, 4.69) is 63.5 Å². The first kappa shape index (κ1) is 31.4. The van der Waals surface area contributed by atoms with Gasteiger partial charge in [0.1, 0.15) is 11.5 Å². The number of ether oxygens (including phenoxy) is 2. The molecule has 0 unspecified atom stereocenters. The minimum Gasteiger partial charge on any atom is -0.497 e. The summed E-state index contributed by atoms with van der Waals surface area (Å²) in [7, 11) is 5.88. The summed E-state index contributed by atoms with van der Waals surface area (Å²) >= 11 is 0. The van der Waals surface area contributed by atoms with Gasteiger partial charge in [-0.1, -0.05) is 24.3 Å². The zero-order valence-corrected chi connectivity index (χ0v) is 24.5. The SMILES string of the molecule is COc1cccc(CN(C)CCN(C)Cc2ccc3c(c2)c(-c2ccc(OC(F)(F)F)cc2CN)cn3CCCN)c1. The van der Waals surface area contributed by atoms with Gasteiger partial charge < -0.3 is 35.3 Å². The van der Waals surface area contributed by atoms with Crippen LogP contribution in [0.5, 0.6) is 11.5 Å². The third kappa shape index (κ3) is 8.25. The van der Waals surface area contributed by atoms with E-state index in [9.17, 15) is 13.2 Å². The first-order chi connectivity index (χ1) is 20.1. The maximum atomic E-state index is 12.8. The minimum atomic E-state index is -4.77. The smallest absolute Gasteiger partial charge is 0.497 e. The number of aryl methyl sites for hydroxylation is 1. The van der Waals surface area contributed by atoms with Crippen LogP contribution in [-0.2, 0) is 26.2 Å². The van der Waals surface area contributed by atoms with Gasteiger partial charge in [-0.05, 0) is 85.7 Å². The van der Waals surface area contributed by atoms with E-state index in [0.29, 0.717) is 12.1 Å². The summed E-state index contributed by atoms with van der Waals surface area (Å²) in [6.45, 7) is 4.71. The van der Waals surface area contributed by atoms with E-state index < -0.39 is 6.36 Å². The maximum absolute atomic E-state index is 12.8. The topological polar surface area (TPSA) is 81.9 Å². The molecule has 10 heteroatoms. The second-order valence-electron chi connectivity index (χ2n) is 10.6. The van der Waals surface area contributed by atoms with Gasteiger partial charge in [0.25, 0.3) is 0 Å². The molecular weight excluding hydrogens is 543 g/mol. The number of hydrogen-bond donors (Lipinski definition) is 2. The molecule has 0 radical (unpaired) electrons. The molecule has 0 aliphatic rings. The average molecular weight is 584 g/mol. The lowest BCUT2D eigenvalue weighted by Gasteiger charge is -2.22. The minimum absolute atomic E-state index is 0.0750. The Morgan fingerprint density at radius 2 is 1.55 bits per heavy atom. The van der Waals surface area contributed by atoms with Crippen molar-refractivity contribution in [1.29, 1.82) is 0 Å². The standard InChI is InChI=1S/C32H40F3N5O2/c1-38(20-23-6-4-7-26(16-23)41-3)14-15-39(2)21-24-8-11-31-29(17-24)30(22-40(31)13-5-12-36)28-10-9-27(18-25(28)19-37)42-32(33,34)35/h4,6-11,16-18,22H,5,12-15,19-21,36-37H2,1-3H3. The van der Waals surface area contributed by atoms with Gasteiger partial charge in [-0.15, -0.1) is 13.2 Å². The number of nitrogens with zero attached hydrogens (tertiary/aromatic N) is 3. The molecule has 42 heavy (non-hydrogen) atoms. The Labute approximate surface area is 245 Å². The largest absolute Gasteiger partial charge is 0.573 e. The number of rotatable bonds is 14. The molecule has 7 nitrogen and oxygen atoms in total. The number of aromatic nitrogens is 1. The molecule has 0 saturated heterocycles. The number of halogens is 3. The molecule has 4 N–H and O–H groups in total. The molecule has 1 aromatic heterocycles. The summed E-state index contributed by atoms with van der Waals surface area (Å²) in [5.74, 6) is 0.575. The molecule has 0 aliphatic carbocycles. The number of fused-ring (bicyclic) bond motifs is 1. The molecule has 0 atom stereocenters. The van der Waals surface area contributed by atoms with E-state index in [1.54, 1.807) is 13.2 Å².